The number of carbonyl (C=O) groups excluding carboxylic acids is 1. The Kier molecular flexibility index (Phi) is 4.80. The number of nitrogens with zero attached hydrogens (tertiary/aromatic N) is 2. The zero-order chi connectivity index (χ0) is 18.8. The molecule has 0 bridgehead atoms. The molecular weight excluding hydrogens is 326 g/mol. The number of aryl methyl sites for hydroxylation is 1. The molecule has 0 saturated carbocycles. The van der Waals surface area contributed by atoms with E-state index in [0.29, 0.717) is 6.04 Å². The molecule has 5 nitrogen and oxygen atoms in total. The fourth-order valence-electron chi connectivity index (χ4n) is 3.36. The molecule has 3 rings (SSSR count). The van der Waals surface area contributed by atoms with E-state index < -0.39 is 5.91 Å². The molecule has 2 aromatic carbocycles. The van der Waals surface area contributed by atoms with Gasteiger partial charge in [-0.15, -0.1) is 0 Å². The highest BCUT2D eigenvalue weighted by Crippen LogP contribution is 2.25. The van der Waals surface area contributed by atoms with Gasteiger partial charge < -0.3 is 9.67 Å². The lowest BCUT2D eigenvalue weighted by molar-refractivity contribution is 0.0952. The van der Waals surface area contributed by atoms with Gasteiger partial charge in [0.05, 0.1) is 11.8 Å². The second-order valence-corrected chi connectivity index (χ2v) is 6.71. The lowest BCUT2D eigenvalue weighted by atomic mass is 10.1. The van der Waals surface area contributed by atoms with E-state index in [0.717, 1.165) is 27.7 Å². The van der Waals surface area contributed by atoms with Crippen molar-refractivity contribution in [1.29, 1.82) is 0 Å². The van der Waals surface area contributed by atoms with Gasteiger partial charge in [0.15, 0.2) is 0 Å². The first-order chi connectivity index (χ1) is 12.4. The first kappa shape index (κ1) is 17.7. The van der Waals surface area contributed by atoms with Crippen LogP contribution in [0.5, 0.6) is 5.75 Å². The molecule has 2 N–H and O–H groups in total. The van der Waals surface area contributed by atoms with Crippen LogP contribution in [0.1, 0.15) is 47.2 Å². The Bertz CT molecular complexity index is 1000. The molecule has 134 valence electrons. The molecule has 0 radical (unpaired) electrons. The molecule has 0 fully saturated rings. The van der Waals surface area contributed by atoms with Crippen LogP contribution in [0.25, 0.3) is 10.8 Å². The normalized spacial score (nSPS) is 11.6. The van der Waals surface area contributed by atoms with Gasteiger partial charge in [-0.05, 0) is 56.7 Å². The van der Waals surface area contributed by atoms with Crippen molar-refractivity contribution in [3.63, 3.8) is 0 Å². The lowest BCUT2D eigenvalue weighted by Gasteiger charge is -2.13. The molecule has 1 amide bonds. The van der Waals surface area contributed by atoms with Crippen molar-refractivity contribution in [2.75, 3.05) is 0 Å². The van der Waals surface area contributed by atoms with Gasteiger partial charge in [0, 0.05) is 23.0 Å². The Morgan fingerprint density at radius 3 is 2.42 bits per heavy atom. The van der Waals surface area contributed by atoms with Crippen molar-refractivity contribution < 1.29 is 9.90 Å². The van der Waals surface area contributed by atoms with Gasteiger partial charge in [0.2, 0.25) is 0 Å². The van der Waals surface area contributed by atoms with E-state index >= 15 is 0 Å². The Labute approximate surface area is 153 Å². The number of aromatic hydroxyl groups is 1. The number of amides is 1. The SMILES string of the molecule is Cc1cc(C=NNC(=O)c2cc3ccccc3cc2O)c(C)n1C(C)C. The summed E-state index contributed by atoms with van der Waals surface area (Å²) in [6.45, 7) is 8.35. The highest BCUT2D eigenvalue weighted by atomic mass is 16.3. The van der Waals surface area contributed by atoms with Gasteiger partial charge in [-0.1, -0.05) is 24.3 Å². The number of hydrogen-bond acceptors (Lipinski definition) is 3. The number of phenols is 1. The van der Waals surface area contributed by atoms with Crippen LogP contribution in [0, 0.1) is 13.8 Å². The molecule has 1 aromatic heterocycles. The number of hydrogen-bond donors (Lipinski definition) is 2. The number of phenolic OH excluding ortho intramolecular Hbond substituents is 1. The molecule has 0 spiro atoms. The van der Waals surface area contributed by atoms with Crippen LogP contribution < -0.4 is 5.43 Å². The molecular formula is C21H23N3O2. The summed E-state index contributed by atoms with van der Waals surface area (Å²) in [6, 6.07) is 13.2. The average Bonchev–Trinajstić information content (AvgIpc) is 2.88. The van der Waals surface area contributed by atoms with Gasteiger partial charge in [0.25, 0.3) is 5.91 Å². The predicted octanol–water partition coefficient (Wildman–Crippen LogP) is 4.31. The third kappa shape index (κ3) is 3.33. The number of carbonyl (C=O) groups is 1. The number of hydrazone groups is 1. The van der Waals surface area contributed by atoms with Crippen molar-refractivity contribution in [1.82, 2.24) is 9.99 Å². The van der Waals surface area contributed by atoms with Crippen LogP contribution in [0.2, 0.25) is 0 Å². The van der Waals surface area contributed by atoms with Gasteiger partial charge in [-0.3, -0.25) is 4.79 Å². The van der Waals surface area contributed by atoms with Gasteiger partial charge in [-0.25, -0.2) is 5.43 Å². The molecule has 0 aliphatic carbocycles. The van der Waals surface area contributed by atoms with Crippen LogP contribution in [0.3, 0.4) is 0 Å². The zero-order valence-corrected chi connectivity index (χ0v) is 15.4. The summed E-state index contributed by atoms with van der Waals surface area (Å²) in [7, 11) is 0. The number of aromatic nitrogens is 1. The van der Waals surface area contributed by atoms with E-state index in [1.165, 1.54) is 0 Å². The Morgan fingerprint density at radius 1 is 1.15 bits per heavy atom. The van der Waals surface area contributed by atoms with Gasteiger partial charge in [0.1, 0.15) is 5.75 Å². The van der Waals surface area contributed by atoms with Crippen LogP contribution in [0.15, 0.2) is 47.6 Å². The van der Waals surface area contributed by atoms with Crippen LogP contribution in [-0.4, -0.2) is 21.8 Å². The number of nitrogens with one attached hydrogen (secondary N) is 1. The van der Waals surface area contributed by atoms with Crippen molar-refractivity contribution >= 4 is 22.9 Å². The minimum atomic E-state index is -0.442. The van der Waals surface area contributed by atoms with Gasteiger partial charge >= 0.3 is 0 Å². The average molecular weight is 349 g/mol. The third-order valence-corrected chi connectivity index (χ3v) is 4.52. The molecule has 0 saturated heterocycles. The van der Waals surface area contributed by atoms with Gasteiger partial charge in [-0.2, -0.15) is 5.10 Å². The quantitative estimate of drug-likeness (QED) is 0.544. The van der Waals surface area contributed by atoms with E-state index in [1.54, 1.807) is 18.3 Å². The summed E-state index contributed by atoms with van der Waals surface area (Å²) in [5.74, 6) is -0.503. The maximum atomic E-state index is 12.4. The summed E-state index contributed by atoms with van der Waals surface area (Å²) in [6.07, 6.45) is 1.64. The molecule has 26 heavy (non-hydrogen) atoms. The van der Waals surface area contributed by atoms with Crippen molar-refractivity contribution in [3.8, 4) is 5.75 Å². The molecule has 0 aliphatic rings. The summed E-state index contributed by atoms with van der Waals surface area (Å²) >= 11 is 0. The van der Waals surface area contributed by atoms with E-state index in [1.807, 2.05) is 37.3 Å². The fraction of sp³-hybridized carbons (Fsp3) is 0.238. The molecule has 0 aliphatic heterocycles. The molecule has 5 heteroatoms. The minimum Gasteiger partial charge on any atom is -0.507 e. The van der Waals surface area contributed by atoms with Crippen molar-refractivity contribution in [2.45, 2.75) is 33.7 Å². The van der Waals surface area contributed by atoms with Crippen LogP contribution in [-0.2, 0) is 0 Å². The summed E-state index contributed by atoms with van der Waals surface area (Å²) in [5.41, 5.74) is 5.91. The Morgan fingerprint density at radius 2 is 1.81 bits per heavy atom. The van der Waals surface area contributed by atoms with E-state index in [9.17, 15) is 9.90 Å². The first-order valence-electron chi connectivity index (χ1n) is 8.62. The molecule has 0 atom stereocenters. The van der Waals surface area contributed by atoms with Crippen molar-refractivity contribution in [2.24, 2.45) is 5.10 Å². The monoisotopic (exact) mass is 349 g/mol. The minimum absolute atomic E-state index is 0.0608. The number of rotatable bonds is 4. The lowest BCUT2D eigenvalue weighted by Crippen LogP contribution is -2.17. The third-order valence-electron chi connectivity index (χ3n) is 4.52. The second kappa shape index (κ2) is 7.04. The number of fused-ring (bicyclic) bond motifs is 1. The zero-order valence-electron chi connectivity index (χ0n) is 15.4. The van der Waals surface area contributed by atoms with Crippen molar-refractivity contribution in [3.05, 3.63) is 65.0 Å². The fourth-order valence-corrected chi connectivity index (χ4v) is 3.36. The van der Waals surface area contributed by atoms with E-state index in [2.05, 4.69) is 35.9 Å². The highest BCUT2D eigenvalue weighted by Gasteiger charge is 2.13. The predicted molar refractivity (Wildman–Crippen MR) is 105 cm³/mol. The number of benzene rings is 2. The topological polar surface area (TPSA) is 66.6 Å². The van der Waals surface area contributed by atoms with Crippen LogP contribution >= 0.6 is 0 Å². The van der Waals surface area contributed by atoms with Crippen LogP contribution in [0.4, 0.5) is 0 Å². The molecule has 3 aromatic rings. The Hall–Kier alpha value is -3.08. The van der Waals surface area contributed by atoms with E-state index in [-0.39, 0.29) is 11.3 Å². The molecule has 0 unspecified atom stereocenters. The van der Waals surface area contributed by atoms with E-state index in [4.69, 9.17) is 0 Å². The summed E-state index contributed by atoms with van der Waals surface area (Å²) < 4.78 is 2.22. The highest BCUT2D eigenvalue weighted by molar-refractivity contribution is 6.01. The summed E-state index contributed by atoms with van der Waals surface area (Å²) in [5, 5.41) is 16.0. The maximum Gasteiger partial charge on any atom is 0.275 e. The second-order valence-electron chi connectivity index (χ2n) is 6.71. The Balaban J connectivity index is 1.80. The molecule has 1 heterocycles. The first-order valence-corrected chi connectivity index (χ1v) is 8.62. The summed E-state index contributed by atoms with van der Waals surface area (Å²) in [4.78, 5) is 12.4. The standard InChI is InChI=1S/C21H23N3O2/c1-13(2)24-14(3)9-18(15(24)4)12-22-23-21(26)19-10-16-7-5-6-8-17(16)11-20(19)25/h5-13,25H,1-4H3,(H,23,26). The smallest absolute Gasteiger partial charge is 0.275 e. The maximum absolute atomic E-state index is 12.4. The largest absolute Gasteiger partial charge is 0.507 e.